The first-order chi connectivity index (χ1) is 11.9. The molecule has 2 rings (SSSR count). The van der Waals surface area contributed by atoms with E-state index in [0.717, 1.165) is 0 Å². The summed E-state index contributed by atoms with van der Waals surface area (Å²) in [6.07, 6.45) is -1.00. The van der Waals surface area contributed by atoms with Crippen molar-refractivity contribution < 1.29 is 19.0 Å². The van der Waals surface area contributed by atoms with Crippen LogP contribution in [0.3, 0.4) is 0 Å². The number of hydrogen-bond donors (Lipinski definition) is 3. The molecule has 0 saturated heterocycles. The van der Waals surface area contributed by atoms with Crippen molar-refractivity contribution in [3.63, 3.8) is 0 Å². The number of nitrogens with one attached hydrogen (secondary N) is 1. The maximum absolute atomic E-state index is 13.4. The van der Waals surface area contributed by atoms with Gasteiger partial charge in [0.05, 0.1) is 31.9 Å². The molecule has 1 unspecified atom stereocenters. The molecule has 0 fully saturated rings. The summed E-state index contributed by atoms with van der Waals surface area (Å²) < 4.78 is 23.8. The molecule has 1 atom stereocenters. The van der Waals surface area contributed by atoms with Crippen LogP contribution in [-0.4, -0.2) is 31.8 Å². The molecule has 2 aromatic carbocycles. The number of hydrogen-bond acceptors (Lipinski definition) is 4. The van der Waals surface area contributed by atoms with Crippen molar-refractivity contribution in [2.24, 2.45) is 10.7 Å². The smallest absolute Gasteiger partial charge is 0.193 e. The molecule has 0 aliphatic heterocycles. The molecule has 2 aromatic rings. The number of benzene rings is 2. The molecule has 25 heavy (non-hydrogen) atoms. The number of nitrogens with two attached hydrogens (primary N) is 1. The first-order valence-corrected chi connectivity index (χ1v) is 7.74. The van der Waals surface area contributed by atoms with E-state index < -0.39 is 11.9 Å². The van der Waals surface area contributed by atoms with E-state index >= 15 is 0 Å². The second-order valence-corrected chi connectivity index (χ2v) is 5.52. The molecule has 0 radical (unpaired) electrons. The molecular formula is C17H19ClFN3O3. The van der Waals surface area contributed by atoms with Gasteiger partial charge >= 0.3 is 0 Å². The average Bonchev–Trinajstić information content (AvgIpc) is 2.61. The van der Waals surface area contributed by atoms with Crippen molar-refractivity contribution in [3.8, 4) is 11.5 Å². The van der Waals surface area contributed by atoms with Crippen LogP contribution in [0.25, 0.3) is 0 Å². The van der Waals surface area contributed by atoms with Crippen LogP contribution in [0.5, 0.6) is 11.5 Å². The SMILES string of the molecule is COc1ccc(NC(N)=NCC(O)c2ccc(Cl)c(F)c2)cc1OC. The van der Waals surface area contributed by atoms with Gasteiger partial charge in [0.15, 0.2) is 17.5 Å². The molecule has 0 heterocycles. The summed E-state index contributed by atoms with van der Waals surface area (Å²) in [5, 5.41) is 12.9. The predicted molar refractivity (Wildman–Crippen MR) is 96.0 cm³/mol. The average molecular weight is 368 g/mol. The lowest BCUT2D eigenvalue weighted by molar-refractivity contribution is 0.187. The number of guanidine groups is 1. The molecule has 0 amide bonds. The lowest BCUT2D eigenvalue weighted by Crippen LogP contribution is -2.23. The van der Waals surface area contributed by atoms with Gasteiger partial charge in [0.2, 0.25) is 0 Å². The minimum Gasteiger partial charge on any atom is -0.493 e. The Labute approximate surface area is 150 Å². The Hall–Kier alpha value is -2.51. The molecule has 0 saturated carbocycles. The van der Waals surface area contributed by atoms with Crippen LogP contribution in [0.2, 0.25) is 5.02 Å². The van der Waals surface area contributed by atoms with Gasteiger partial charge < -0.3 is 25.6 Å². The zero-order valence-electron chi connectivity index (χ0n) is 13.8. The number of aliphatic hydroxyl groups is 1. The van der Waals surface area contributed by atoms with Crippen molar-refractivity contribution in [2.75, 3.05) is 26.1 Å². The van der Waals surface area contributed by atoms with Crippen LogP contribution in [0.15, 0.2) is 41.4 Å². The van der Waals surface area contributed by atoms with E-state index in [4.69, 9.17) is 26.8 Å². The summed E-state index contributed by atoms with van der Waals surface area (Å²) in [6.45, 7) is -0.0345. The number of anilines is 1. The zero-order valence-corrected chi connectivity index (χ0v) is 14.5. The number of methoxy groups -OCH3 is 2. The first-order valence-electron chi connectivity index (χ1n) is 7.36. The highest BCUT2D eigenvalue weighted by molar-refractivity contribution is 6.30. The van der Waals surface area contributed by atoms with E-state index in [1.165, 1.54) is 25.3 Å². The number of rotatable bonds is 6. The third-order valence-electron chi connectivity index (χ3n) is 3.42. The van der Waals surface area contributed by atoms with E-state index in [-0.39, 0.29) is 17.5 Å². The van der Waals surface area contributed by atoms with Crippen molar-refractivity contribution in [1.82, 2.24) is 0 Å². The first kappa shape index (κ1) is 18.8. The van der Waals surface area contributed by atoms with Crippen molar-refractivity contribution in [1.29, 1.82) is 0 Å². The summed E-state index contributed by atoms with van der Waals surface area (Å²) in [7, 11) is 3.07. The largest absolute Gasteiger partial charge is 0.493 e. The Bertz CT molecular complexity index is 771. The Balaban J connectivity index is 2.02. The van der Waals surface area contributed by atoms with E-state index in [9.17, 15) is 9.50 Å². The van der Waals surface area contributed by atoms with Gasteiger partial charge in [-0.1, -0.05) is 17.7 Å². The maximum atomic E-state index is 13.4. The molecule has 4 N–H and O–H groups in total. The van der Waals surface area contributed by atoms with Crippen LogP contribution >= 0.6 is 11.6 Å². The van der Waals surface area contributed by atoms with Crippen LogP contribution < -0.4 is 20.5 Å². The second-order valence-electron chi connectivity index (χ2n) is 5.11. The van der Waals surface area contributed by atoms with Gasteiger partial charge in [-0.2, -0.15) is 0 Å². The molecule has 6 nitrogen and oxygen atoms in total. The normalized spacial score (nSPS) is 12.6. The van der Waals surface area contributed by atoms with Crippen molar-refractivity contribution in [3.05, 3.63) is 52.8 Å². The van der Waals surface area contributed by atoms with Crippen molar-refractivity contribution in [2.45, 2.75) is 6.10 Å². The maximum Gasteiger partial charge on any atom is 0.193 e. The molecule has 0 bridgehead atoms. The number of halogens is 2. The lowest BCUT2D eigenvalue weighted by Gasteiger charge is -2.12. The van der Waals surface area contributed by atoms with Gasteiger partial charge in [-0.3, -0.25) is 4.99 Å². The lowest BCUT2D eigenvalue weighted by atomic mass is 10.1. The Kier molecular flexibility index (Phi) is 6.44. The highest BCUT2D eigenvalue weighted by Crippen LogP contribution is 2.29. The molecule has 0 aromatic heterocycles. The third-order valence-corrected chi connectivity index (χ3v) is 3.73. The second kappa shape index (κ2) is 8.55. The van der Waals surface area contributed by atoms with Gasteiger partial charge in [0.1, 0.15) is 5.82 Å². The summed E-state index contributed by atoms with van der Waals surface area (Å²) in [5.74, 6) is 0.625. The predicted octanol–water partition coefficient (Wildman–Crippen LogP) is 2.96. The molecular weight excluding hydrogens is 349 g/mol. The van der Waals surface area contributed by atoms with Crippen LogP contribution in [-0.2, 0) is 0 Å². The van der Waals surface area contributed by atoms with E-state index in [1.54, 1.807) is 25.3 Å². The summed E-state index contributed by atoms with van der Waals surface area (Å²) in [4.78, 5) is 4.05. The van der Waals surface area contributed by atoms with Gasteiger partial charge in [-0.05, 0) is 29.8 Å². The van der Waals surface area contributed by atoms with Crippen LogP contribution in [0, 0.1) is 5.82 Å². The number of nitrogens with zero attached hydrogens (tertiary/aromatic N) is 1. The van der Waals surface area contributed by atoms with Gasteiger partial charge in [-0.25, -0.2) is 4.39 Å². The van der Waals surface area contributed by atoms with Gasteiger partial charge in [-0.15, -0.1) is 0 Å². The Morgan fingerprint density at radius 3 is 2.60 bits per heavy atom. The summed E-state index contributed by atoms with van der Waals surface area (Å²) >= 11 is 5.62. The summed E-state index contributed by atoms with van der Waals surface area (Å²) in [6, 6.07) is 9.25. The highest BCUT2D eigenvalue weighted by Gasteiger charge is 2.10. The molecule has 8 heteroatoms. The van der Waals surface area contributed by atoms with E-state index in [0.29, 0.717) is 22.7 Å². The number of ether oxygens (including phenoxy) is 2. The fraction of sp³-hybridized carbons (Fsp3) is 0.235. The third kappa shape index (κ3) is 4.98. The number of aliphatic imine (C=N–C) groups is 1. The minimum atomic E-state index is -1.00. The zero-order chi connectivity index (χ0) is 18.4. The number of aliphatic hydroxyl groups excluding tert-OH is 1. The van der Waals surface area contributed by atoms with Gasteiger partial charge in [0.25, 0.3) is 0 Å². The fourth-order valence-electron chi connectivity index (χ4n) is 2.11. The molecule has 0 aliphatic carbocycles. The summed E-state index contributed by atoms with van der Waals surface area (Å²) in [5.41, 5.74) is 6.82. The minimum absolute atomic E-state index is 0.00548. The standard InChI is InChI=1S/C17H19ClFN3O3/c1-24-15-6-4-11(8-16(15)25-2)22-17(20)21-9-14(23)10-3-5-12(18)13(19)7-10/h3-8,14,23H,9H2,1-2H3,(H3,20,21,22). The van der Waals surface area contributed by atoms with Gasteiger partial charge in [0, 0.05) is 11.8 Å². The topological polar surface area (TPSA) is 89.1 Å². The quantitative estimate of drug-likeness (QED) is 0.539. The molecule has 0 spiro atoms. The van der Waals surface area contributed by atoms with E-state index in [2.05, 4.69) is 10.3 Å². The highest BCUT2D eigenvalue weighted by atomic mass is 35.5. The fourth-order valence-corrected chi connectivity index (χ4v) is 2.23. The van der Waals surface area contributed by atoms with Crippen LogP contribution in [0.1, 0.15) is 11.7 Å². The Morgan fingerprint density at radius 2 is 1.96 bits per heavy atom. The Morgan fingerprint density at radius 1 is 1.24 bits per heavy atom. The van der Waals surface area contributed by atoms with Crippen molar-refractivity contribution >= 4 is 23.2 Å². The van der Waals surface area contributed by atoms with E-state index in [1.807, 2.05) is 0 Å². The van der Waals surface area contributed by atoms with Crippen LogP contribution in [0.4, 0.5) is 10.1 Å². The monoisotopic (exact) mass is 367 g/mol. The molecule has 0 aliphatic rings. The molecule has 134 valence electrons.